The van der Waals surface area contributed by atoms with Gasteiger partial charge in [0.15, 0.2) is 0 Å². The van der Waals surface area contributed by atoms with Crippen molar-refractivity contribution in [3.05, 3.63) is 108 Å². The zero-order valence-corrected chi connectivity index (χ0v) is 18.0. The molecule has 1 heterocycles. The molecule has 0 unspecified atom stereocenters. The van der Waals surface area contributed by atoms with E-state index in [9.17, 15) is 9.18 Å². The van der Waals surface area contributed by atoms with E-state index >= 15 is 0 Å². The van der Waals surface area contributed by atoms with E-state index in [2.05, 4.69) is 32.7 Å². The first-order valence-corrected chi connectivity index (χ1v) is 11.0. The number of carbonyl (C=O) groups excluding carboxylic acids is 1. The lowest BCUT2D eigenvalue weighted by molar-refractivity contribution is 0.0933. The Bertz CT molecular complexity index is 1270. The van der Waals surface area contributed by atoms with E-state index in [1.807, 2.05) is 24.3 Å². The van der Waals surface area contributed by atoms with Crippen LogP contribution in [-0.2, 0) is 6.42 Å². The Morgan fingerprint density at radius 3 is 2.52 bits per heavy atom. The molecule has 0 bridgehead atoms. The second-order valence-corrected chi connectivity index (χ2v) is 8.13. The molecule has 164 valence electrons. The monoisotopic (exact) mass is 438 g/mol. The number of carbonyl (C=O) groups is 1. The number of halogens is 1. The topological polar surface area (TPSA) is 66.9 Å². The maximum Gasteiger partial charge on any atom is 0.251 e. The van der Waals surface area contributed by atoms with E-state index in [4.69, 9.17) is 0 Å². The van der Waals surface area contributed by atoms with Crippen LogP contribution in [0.2, 0.25) is 0 Å². The fraction of sp³-hybridized carbons (Fsp3) is 0.148. The number of benzene rings is 3. The predicted molar refractivity (Wildman–Crippen MR) is 127 cm³/mol. The number of rotatable bonds is 5. The third-order valence-corrected chi connectivity index (χ3v) is 5.89. The van der Waals surface area contributed by atoms with Crippen molar-refractivity contribution in [2.24, 2.45) is 0 Å². The Kier molecular flexibility index (Phi) is 5.81. The van der Waals surface area contributed by atoms with Crippen molar-refractivity contribution < 1.29 is 9.18 Å². The molecule has 1 atom stereocenters. The highest BCUT2D eigenvalue weighted by Gasteiger charge is 2.22. The molecule has 6 heteroatoms. The number of aryl methyl sites for hydroxylation is 1. The first-order chi connectivity index (χ1) is 16.2. The fourth-order valence-corrected chi connectivity index (χ4v) is 4.20. The van der Waals surface area contributed by atoms with Crippen molar-refractivity contribution in [3.8, 4) is 11.1 Å². The quantitative estimate of drug-likeness (QED) is 0.411. The first kappa shape index (κ1) is 20.8. The highest BCUT2D eigenvalue weighted by molar-refractivity contribution is 5.95. The predicted octanol–water partition coefficient (Wildman–Crippen LogP) is 5.83. The van der Waals surface area contributed by atoms with E-state index < -0.39 is 0 Å². The Morgan fingerprint density at radius 1 is 0.909 bits per heavy atom. The van der Waals surface area contributed by atoms with Gasteiger partial charge < -0.3 is 10.6 Å². The Morgan fingerprint density at radius 2 is 1.70 bits per heavy atom. The smallest absolute Gasteiger partial charge is 0.251 e. The molecule has 1 aromatic heterocycles. The Balaban J connectivity index is 1.28. The van der Waals surface area contributed by atoms with Crippen molar-refractivity contribution in [1.29, 1.82) is 0 Å². The van der Waals surface area contributed by atoms with Crippen LogP contribution >= 0.6 is 0 Å². The summed E-state index contributed by atoms with van der Waals surface area (Å²) in [5, 5.41) is 6.33. The van der Waals surface area contributed by atoms with Gasteiger partial charge in [-0.1, -0.05) is 42.5 Å². The van der Waals surface area contributed by atoms with Gasteiger partial charge in [0, 0.05) is 29.2 Å². The van der Waals surface area contributed by atoms with Crippen LogP contribution < -0.4 is 10.6 Å². The molecule has 0 saturated heterocycles. The number of hydrogen-bond acceptors (Lipinski definition) is 4. The Labute approximate surface area is 191 Å². The van der Waals surface area contributed by atoms with Gasteiger partial charge in [-0.05, 0) is 66.3 Å². The fourth-order valence-electron chi connectivity index (χ4n) is 4.20. The van der Waals surface area contributed by atoms with E-state index in [-0.39, 0.29) is 17.8 Å². The molecule has 5 nitrogen and oxygen atoms in total. The van der Waals surface area contributed by atoms with Crippen molar-refractivity contribution in [1.82, 2.24) is 15.3 Å². The van der Waals surface area contributed by atoms with Crippen LogP contribution in [-0.4, -0.2) is 15.9 Å². The van der Waals surface area contributed by atoms with E-state index in [0.29, 0.717) is 11.5 Å². The molecule has 0 saturated carbocycles. The van der Waals surface area contributed by atoms with Gasteiger partial charge in [-0.15, -0.1) is 0 Å². The molecule has 33 heavy (non-hydrogen) atoms. The molecule has 3 aromatic carbocycles. The van der Waals surface area contributed by atoms with Gasteiger partial charge in [0.25, 0.3) is 5.91 Å². The summed E-state index contributed by atoms with van der Waals surface area (Å²) in [5.74, 6) is 0.0297. The number of anilines is 2. The van der Waals surface area contributed by atoms with Crippen LogP contribution in [0.4, 0.5) is 16.0 Å². The third kappa shape index (κ3) is 4.75. The summed E-state index contributed by atoms with van der Waals surface area (Å²) in [7, 11) is 0. The number of fused-ring (bicyclic) bond motifs is 1. The molecule has 1 aliphatic rings. The van der Waals surface area contributed by atoms with Crippen LogP contribution in [0.15, 0.2) is 85.2 Å². The molecule has 1 amide bonds. The number of aromatic nitrogens is 2. The second-order valence-electron chi connectivity index (χ2n) is 8.13. The minimum absolute atomic E-state index is 0.0291. The number of amides is 1. The lowest BCUT2D eigenvalue weighted by atomic mass is 9.87. The zero-order chi connectivity index (χ0) is 22.6. The van der Waals surface area contributed by atoms with Crippen molar-refractivity contribution in [2.75, 3.05) is 5.32 Å². The van der Waals surface area contributed by atoms with Crippen LogP contribution in [0.25, 0.3) is 11.1 Å². The lowest BCUT2D eigenvalue weighted by Crippen LogP contribution is -2.31. The maximum absolute atomic E-state index is 13.1. The molecule has 2 N–H and O–H groups in total. The highest BCUT2D eigenvalue weighted by atomic mass is 19.1. The summed E-state index contributed by atoms with van der Waals surface area (Å²) >= 11 is 0. The van der Waals surface area contributed by atoms with Gasteiger partial charge in [0.2, 0.25) is 5.95 Å². The van der Waals surface area contributed by atoms with Crippen LogP contribution in [0, 0.1) is 5.82 Å². The van der Waals surface area contributed by atoms with Gasteiger partial charge in [-0.3, -0.25) is 4.79 Å². The van der Waals surface area contributed by atoms with E-state index in [0.717, 1.165) is 36.1 Å². The van der Waals surface area contributed by atoms with Crippen molar-refractivity contribution >= 4 is 17.5 Å². The third-order valence-electron chi connectivity index (χ3n) is 5.89. The SMILES string of the molecule is O=C(N[C@@H]1CCCc2ccccc21)c1cccc(Nc2ncc(-c3ccc(F)cc3)cn2)c1. The van der Waals surface area contributed by atoms with Gasteiger partial charge >= 0.3 is 0 Å². The summed E-state index contributed by atoms with van der Waals surface area (Å²) in [5.41, 5.74) is 5.45. The standard InChI is InChI=1S/C27H23FN4O/c28-22-13-11-18(12-14-22)21-16-29-27(30-17-21)31-23-8-3-7-20(15-23)26(33)32-25-10-4-6-19-5-1-2-9-24(19)25/h1-3,5,7-9,11-17,25H,4,6,10H2,(H,32,33)(H,29,30,31)/t25-/m1/s1. The van der Waals surface area contributed by atoms with Gasteiger partial charge in [0.1, 0.15) is 5.82 Å². The average Bonchev–Trinajstić information content (AvgIpc) is 2.85. The van der Waals surface area contributed by atoms with E-state index in [1.165, 1.54) is 23.3 Å². The molecule has 0 fully saturated rings. The summed E-state index contributed by atoms with van der Waals surface area (Å²) < 4.78 is 13.1. The maximum atomic E-state index is 13.1. The zero-order valence-electron chi connectivity index (χ0n) is 18.0. The molecular weight excluding hydrogens is 415 g/mol. The summed E-state index contributed by atoms with van der Waals surface area (Å²) in [6.07, 6.45) is 6.42. The molecular formula is C27H23FN4O. The summed E-state index contributed by atoms with van der Waals surface area (Å²) in [6, 6.07) is 21.8. The molecule has 0 aliphatic heterocycles. The van der Waals surface area contributed by atoms with Gasteiger partial charge in [-0.25, -0.2) is 14.4 Å². The van der Waals surface area contributed by atoms with Gasteiger partial charge in [-0.2, -0.15) is 0 Å². The van der Waals surface area contributed by atoms with Crippen molar-refractivity contribution in [2.45, 2.75) is 25.3 Å². The number of nitrogens with zero attached hydrogens (tertiary/aromatic N) is 2. The summed E-state index contributed by atoms with van der Waals surface area (Å²) in [6.45, 7) is 0. The Hall–Kier alpha value is -4.06. The number of hydrogen-bond donors (Lipinski definition) is 2. The van der Waals surface area contributed by atoms with Crippen LogP contribution in [0.1, 0.15) is 40.4 Å². The highest BCUT2D eigenvalue weighted by Crippen LogP contribution is 2.30. The van der Waals surface area contributed by atoms with Gasteiger partial charge in [0.05, 0.1) is 6.04 Å². The largest absolute Gasteiger partial charge is 0.345 e. The van der Waals surface area contributed by atoms with Crippen LogP contribution in [0.3, 0.4) is 0 Å². The van der Waals surface area contributed by atoms with Crippen LogP contribution in [0.5, 0.6) is 0 Å². The normalized spacial score (nSPS) is 14.9. The average molecular weight is 439 g/mol. The molecule has 0 spiro atoms. The lowest BCUT2D eigenvalue weighted by Gasteiger charge is -2.26. The minimum atomic E-state index is -0.283. The molecule has 5 rings (SSSR count). The minimum Gasteiger partial charge on any atom is -0.345 e. The molecule has 0 radical (unpaired) electrons. The molecule has 4 aromatic rings. The van der Waals surface area contributed by atoms with E-state index in [1.54, 1.807) is 36.7 Å². The number of nitrogens with one attached hydrogen (secondary N) is 2. The first-order valence-electron chi connectivity index (χ1n) is 11.0. The molecule has 1 aliphatic carbocycles. The summed E-state index contributed by atoms with van der Waals surface area (Å²) in [4.78, 5) is 21.7. The second kappa shape index (κ2) is 9.20. The van der Waals surface area contributed by atoms with Crippen molar-refractivity contribution in [3.63, 3.8) is 0 Å².